The van der Waals surface area contributed by atoms with Crippen LogP contribution < -0.4 is 4.74 Å². The topological polar surface area (TPSA) is 79.7 Å². The highest BCUT2D eigenvalue weighted by Crippen LogP contribution is 2.42. The van der Waals surface area contributed by atoms with E-state index in [4.69, 9.17) is 4.74 Å². The predicted molar refractivity (Wildman–Crippen MR) is 100 cm³/mol. The normalized spacial score (nSPS) is 17.0. The number of ketones is 1. The van der Waals surface area contributed by atoms with Gasteiger partial charge in [-0.2, -0.15) is 0 Å². The summed E-state index contributed by atoms with van der Waals surface area (Å²) in [6.07, 6.45) is 3.28. The molecule has 0 saturated carbocycles. The van der Waals surface area contributed by atoms with Crippen LogP contribution in [-0.2, 0) is 16.1 Å². The number of para-hydroxylation sites is 1. The van der Waals surface area contributed by atoms with Crippen molar-refractivity contribution in [2.45, 2.75) is 26.4 Å². The van der Waals surface area contributed by atoms with Crippen LogP contribution in [0, 0.1) is 5.92 Å². The predicted octanol–water partition coefficient (Wildman–Crippen LogP) is 3.21. The van der Waals surface area contributed by atoms with Crippen molar-refractivity contribution in [2.24, 2.45) is 5.92 Å². The summed E-state index contributed by atoms with van der Waals surface area (Å²) < 4.78 is 5.45. The average Bonchev–Trinajstić information content (AvgIpc) is 2.92. The van der Waals surface area contributed by atoms with Gasteiger partial charge in [-0.25, -0.2) is 0 Å². The number of hydrogen-bond donors (Lipinski definition) is 1. The zero-order valence-corrected chi connectivity index (χ0v) is 15.5. The molecule has 0 radical (unpaired) electrons. The molecule has 2 heterocycles. The van der Waals surface area contributed by atoms with Gasteiger partial charge in [0.15, 0.2) is 11.5 Å². The number of ether oxygens (including phenoxy) is 1. The lowest BCUT2D eigenvalue weighted by atomic mass is 9.90. The number of methoxy groups -OCH3 is 1. The summed E-state index contributed by atoms with van der Waals surface area (Å²) in [7, 11) is 1.54. The molecular weight excluding hydrogens is 344 g/mol. The van der Waals surface area contributed by atoms with Crippen LogP contribution in [0.25, 0.3) is 0 Å². The highest BCUT2D eigenvalue weighted by molar-refractivity contribution is 6.09. The summed E-state index contributed by atoms with van der Waals surface area (Å²) in [6.45, 7) is 3.73. The Morgan fingerprint density at radius 3 is 2.52 bits per heavy atom. The molecule has 0 aliphatic carbocycles. The number of amides is 1. The third kappa shape index (κ3) is 3.43. The van der Waals surface area contributed by atoms with Gasteiger partial charge in [-0.3, -0.25) is 14.6 Å². The van der Waals surface area contributed by atoms with E-state index < -0.39 is 17.7 Å². The van der Waals surface area contributed by atoms with E-state index in [0.29, 0.717) is 11.3 Å². The molecule has 0 fully saturated rings. The first kappa shape index (κ1) is 18.6. The SMILES string of the molecule is COc1ccccc1C1C(C(=O)C(C)C)=C(O)C(=O)N1Cc1ccncc1. The second-order valence-corrected chi connectivity index (χ2v) is 6.71. The maximum Gasteiger partial charge on any atom is 0.290 e. The first-order chi connectivity index (χ1) is 13.0. The molecule has 1 aliphatic heterocycles. The van der Waals surface area contributed by atoms with Crippen LogP contribution in [0.3, 0.4) is 0 Å². The minimum atomic E-state index is -0.711. The number of carbonyl (C=O) groups excluding carboxylic acids is 2. The molecular formula is C21H22N2O4. The van der Waals surface area contributed by atoms with Gasteiger partial charge in [0, 0.05) is 30.4 Å². The molecule has 1 atom stereocenters. The fourth-order valence-corrected chi connectivity index (χ4v) is 3.28. The van der Waals surface area contributed by atoms with Gasteiger partial charge in [-0.1, -0.05) is 32.0 Å². The van der Waals surface area contributed by atoms with E-state index in [0.717, 1.165) is 5.56 Å². The monoisotopic (exact) mass is 366 g/mol. The number of Topliss-reactive ketones (excluding diaryl/α,β-unsaturated/α-hetero) is 1. The Hall–Kier alpha value is -3.15. The van der Waals surface area contributed by atoms with Crippen LogP contribution in [0.2, 0.25) is 0 Å². The smallest absolute Gasteiger partial charge is 0.290 e. The van der Waals surface area contributed by atoms with Crippen molar-refractivity contribution < 1.29 is 19.4 Å². The van der Waals surface area contributed by atoms with Gasteiger partial charge >= 0.3 is 0 Å². The van der Waals surface area contributed by atoms with Crippen LogP contribution in [0.15, 0.2) is 60.1 Å². The first-order valence-electron chi connectivity index (χ1n) is 8.75. The molecule has 0 bridgehead atoms. The maximum absolute atomic E-state index is 12.8. The molecule has 3 rings (SSSR count). The van der Waals surface area contributed by atoms with Gasteiger partial charge in [-0.15, -0.1) is 0 Å². The van der Waals surface area contributed by atoms with Crippen LogP contribution in [0.4, 0.5) is 0 Å². The molecule has 6 heteroatoms. The van der Waals surface area contributed by atoms with E-state index in [2.05, 4.69) is 4.98 Å². The van der Waals surface area contributed by atoms with E-state index in [1.165, 1.54) is 12.0 Å². The second-order valence-electron chi connectivity index (χ2n) is 6.71. The number of rotatable bonds is 6. The lowest BCUT2D eigenvalue weighted by Gasteiger charge is -2.28. The Bertz CT molecular complexity index is 890. The van der Waals surface area contributed by atoms with Crippen molar-refractivity contribution in [1.82, 2.24) is 9.88 Å². The van der Waals surface area contributed by atoms with Crippen LogP contribution in [0.1, 0.15) is 31.0 Å². The highest BCUT2D eigenvalue weighted by Gasteiger charge is 2.44. The van der Waals surface area contributed by atoms with E-state index in [9.17, 15) is 14.7 Å². The second kappa shape index (κ2) is 7.61. The Labute approximate surface area is 158 Å². The Morgan fingerprint density at radius 1 is 1.22 bits per heavy atom. The minimum absolute atomic E-state index is 0.119. The summed E-state index contributed by atoms with van der Waals surface area (Å²) in [5, 5.41) is 10.5. The molecule has 27 heavy (non-hydrogen) atoms. The van der Waals surface area contributed by atoms with Crippen molar-refractivity contribution in [2.75, 3.05) is 7.11 Å². The van der Waals surface area contributed by atoms with Gasteiger partial charge in [0.2, 0.25) is 0 Å². The molecule has 0 saturated heterocycles. The molecule has 6 nitrogen and oxygen atoms in total. The number of carbonyl (C=O) groups is 2. The van der Waals surface area contributed by atoms with Crippen LogP contribution >= 0.6 is 0 Å². The lowest BCUT2D eigenvalue weighted by molar-refractivity contribution is -0.130. The molecule has 1 N–H and O–H groups in total. The number of aromatic nitrogens is 1. The summed E-state index contributed by atoms with van der Waals surface area (Å²) in [5.74, 6) is -1.11. The summed E-state index contributed by atoms with van der Waals surface area (Å²) >= 11 is 0. The number of pyridine rings is 1. The Morgan fingerprint density at radius 2 is 1.89 bits per heavy atom. The molecule has 2 aromatic rings. The van der Waals surface area contributed by atoms with Crippen molar-refractivity contribution >= 4 is 11.7 Å². The van der Waals surface area contributed by atoms with E-state index in [1.807, 2.05) is 18.2 Å². The molecule has 1 aromatic carbocycles. The zero-order valence-electron chi connectivity index (χ0n) is 15.5. The van der Waals surface area contributed by atoms with E-state index in [1.54, 1.807) is 44.4 Å². The number of hydrogen-bond acceptors (Lipinski definition) is 5. The third-order valence-corrected chi connectivity index (χ3v) is 4.63. The summed E-state index contributed by atoms with van der Waals surface area (Å²) in [6, 6.07) is 10.1. The highest BCUT2D eigenvalue weighted by atomic mass is 16.5. The van der Waals surface area contributed by atoms with Crippen LogP contribution in [-0.4, -0.2) is 33.8 Å². The standard InChI is InChI=1S/C21H22N2O4/c1-13(2)19(24)17-18(15-6-4-5-7-16(15)27-3)23(21(26)20(17)25)12-14-8-10-22-11-9-14/h4-11,13,18,25H,12H2,1-3H3. The van der Waals surface area contributed by atoms with Gasteiger partial charge in [0.25, 0.3) is 5.91 Å². The van der Waals surface area contributed by atoms with Crippen LogP contribution in [0.5, 0.6) is 5.75 Å². The minimum Gasteiger partial charge on any atom is -0.503 e. The molecule has 140 valence electrons. The number of nitrogens with zero attached hydrogens (tertiary/aromatic N) is 2. The van der Waals surface area contributed by atoms with Crippen molar-refractivity contribution in [3.8, 4) is 5.75 Å². The Kier molecular flexibility index (Phi) is 5.26. The Balaban J connectivity index is 2.13. The van der Waals surface area contributed by atoms with Gasteiger partial charge in [-0.05, 0) is 23.8 Å². The molecule has 1 amide bonds. The fourth-order valence-electron chi connectivity index (χ4n) is 3.28. The third-order valence-electron chi connectivity index (χ3n) is 4.63. The fraction of sp³-hybridized carbons (Fsp3) is 0.286. The van der Waals surface area contributed by atoms with Crippen molar-refractivity contribution in [1.29, 1.82) is 0 Å². The number of aliphatic hydroxyl groups is 1. The first-order valence-corrected chi connectivity index (χ1v) is 8.75. The van der Waals surface area contributed by atoms with Crippen molar-refractivity contribution in [3.63, 3.8) is 0 Å². The van der Waals surface area contributed by atoms with E-state index in [-0.39, 0.29) is 23.8 Å². The molecule has 0 spiro atoms. The quantitative estimate of drug-likeness (QED) is 0.849. The van der Waals surface area contributed by atoms with Gasteiger partial charge < -0.3 is 14.7 Å². The average molecular weight is 366 g/mol. The van der Waals surface area contributed by atoms with Gasteiger partial charge in [0.05, 0.1) is 18.7 Å². The van der Waals surface area contributed by atoms with E-state index >= 15 is 0 Å². The molecule has 1 aromatic heterocycles. The number of benzene rings is 1. The molecule has 1 aliphatic rings. The lowest BCUT2D eigenvalue weighted by Crippen LogP contribution is -2.31. The molecule has 1 unspecified atom stereocenters. The largest absolute Gasteiger partial charge is 0.503 e. The number of aliphatic hydroxyl groups excluding tert-OH is 1. The summed E-state index contributed by atoms with van der Waals surface area (Å²) in [4.78, 5) is 31.2. The van der Waals surface area contributed by atoms with Crippen molar-refractivity contribution in [3.05, 3.63) is 71.3 Å². The summed E-state index contributed by atoms with van der Waals surface area (Å²) in [5.41, 5.74) is 1.63. The maximum atomic E-state index is 12.8. The van der Waals surface area contributed by atoms with Gasteiger partial charge in [0.1, 0.15) is 5.75 Å². The zero-order chi connectivity index (χ0) is 19.6.